The average molecular weight is 333 g/mol. The lowest BCUT2D eigenvalue weighted by Gasteiger charge is -2.17. The molecule has 0 aromatic heterocycles. The Labute approximate surface area is 138 Å². The third-order valence-electron chi connectivity index (χ3n) is 3.87. The van der Waals surface area contributed by atoms with Crippen LogP contribution >= 0.6 is 0 Å². The zero-order chi connectivity index (χ0) is 17.0. The second-order valence-electron chi connectivity index (χ2n) is 5.51. The van der Waals surface area contributed by atoms with E-state index in [1.807, 2.05) is 58.0 Å². The van der Waals surface area contributed by atoms with Crippen LogP contribution in [-0.4, -0.2) is 15.0 Å². The molecule has 2 rings (SSSR count). The minimum atomic E-state index is -3.57. The summed E-state index contributed by atoms with van der Waals surface area (Å²) in [5, 5.41) is 0. The van der Waals surface area contributed by atoms with Gasteiger partial charge in [-0.1, -0.05) is 30.3 Å². The van der Waals surface area contributed by atoms with Gasteiger partial charge in [0.15, 0.2) is 0 Å². The van der Waals surface area contributed by atoms with Gasteiger partial charge in [-0.2, -0.15) is 0 Å². The molecule has 2 aromatic rings. The third-order valence-corrected chi connectivity index (χ3v) is 5.39. The van der Waals surface area contributed by atoms with Crippen molar-refractivity contribution in [3.63, 3.8) is 0 Å². The molecule has 1 N–H and O–H groups in total. The Balaban J connectivity index is 2.33. The molecule has 0 aliphatic heterocycles. The Bertz CT molecular complexity index is 784. The van der Waals surface area contributed by atoms with Crippen molar-refractivity contribution in [2.24, 2.45) is 0 Å². The summed E-state index contributed by atoms with van der Waals surface area (Å²) in [6, 6.07) is 11.1. The Morgan fingerprint density at radius 3 is 2.30 bits per heavy atom. The molecule has 0 spiro atoms. The Morgan fingerprint density at radius 1 is 1.04 bits per heavy atom. The van der Waals surface area contributed by atoms with Gasteiger partial charge < -0.3 is 4.74 Å². The second-order valence-corrected chi connectivity index (χ2v) is 7.25. The monoisotopic (exact) mass is 333 g/mol. The molecule has 5 heteroatoms. The maximum absolute atomic E-state index is 12.6. The van der Waals surface area contributed by atoms with Crippen LogP contribution in [0.1, 0.15) is 29.2 Å². The summed E-state index contributed by atoms with van der Waals surface area (Å²) in [5.74, 6) is 0.770. The summed E-state index contributed by atoms with van der Waals surface area (Å²) in [4.78, 5) is 0.312. The van der Waals surface area contributed by atoms with E-state index in [-0.39, 0.29) is 6.54 Å². The number of sulfonamides is 1. The summed E-state index contributed by atoms with van der Waals surface area (Å²) in [6.45, 7) is 8.32. The van der Waals surface area contributed by atoms with Crippen LogP contribution in [0.15, 0.2) is 41.3 Å². The van der Waals surface area contributed by atoms with Crippen molar-refractivity contribution in [2.45, 2.75) is 39.1 Å². The molecule has 0 unspecified atom stereocenters. The topological polar surface area (TPSA) is 55.4 Å². The van der Waals surface area contributed by atoms with Crippen molar-refractivity contribution in [1.82, 2.24) is 4.72 Å². The van der Waals surface area contributed by atoms with Crippen molar-refractivity contribution in [3.8, 4) is 5.75 Å². The van der Waals surface area contributed by atoms with Crippen molar-refractivity contribution >= 4 is 10.0 Å². The van der Waals surface area contributed by atoms with E-state index < -0.39 is 10.0 Å². The highest BCUT2D eigenvalue weighted by Gasteiger charge is 2.21. The Kier molecular flexibility index (Phi) is 5.44. The summed E-state index contributed by atoms with van der Waals surface area (Å²) >= 11 is 0. The molecule has 0 fully saturated rings. The van der Waals surface area contributed by atoms with Gasteiger partial charge in [0.1, 0.15) is 5.75 Å². The minimum Gasteiger partial charge on any atom is -0.493 e. The summed E-state index contributed by atoms with van der Waals surface area (Å²) < 4.78 is 33.6. The number of hydrogen-bond acceptors (Lipinski definition) is 3. The highest BCUT2D eigenvalue weighted by molar-refractivity contribution is 7.89. The molecule has 0 aliphatic rings. The number of benzene rings is 2. The fraction of sp³-hybridized carbons (Fsp3) is 0.333. The molecule has 0 amide bonds. The molecular formula is C18H23NO3S. The molecular weight excluding hydrogens is 310 g/mol. The van der Waals surface area contributed by atoms with Crippen LogP contribution in [0.2, 0.25) is 0 Å². The first kappa shape index (κ1) is 17.5. The lowest BCUT2D eigenvalue weighted by molar-refractivity contribution is 0.335. The predicted molar refractivity (Wildman–Crippen MR) is 92.3 cm³/mol. The number of ether oxygens (including phenoxy) is 1. The van der Waals surface area contributed by atoms with Crippen LogP contribution in [0.3, 0.4) is 0 Å². The molecule has 0 bridgehead atoms. The molecule has 0 atom stereocenters. The van der Waals surface area contributed by atoms with E-state index in [4.69, 9.17) is 4.74 Å². The van der Waals surface area contributed by atoms with Gasteiger partial charge in [0.2, 0.25) is 10.0 Å². The number of aryl methyl sites for hydroxylation is 1. The Morgan fingerprint density at radius 2 is 1.70 bits per heavy atom. The highest BCUT2D eigenvalue weighted by Crippen LogP contribution is 2.31. The van der Waals surface area contributed by atoms with Gasteiger partial charge in [-0.3, -0.25) is 0 Å². The number of nitrogens with one attached hydrogen (secondary N) is 1. The molecule has 0 aliphatic carbocycles. The molecule has 23 heavy (non-hydrogen) atoms. The van der Waals surface area contributed by atoms with Gasteiger partial charge >= 0.3 is 0 Å². The van der Waals surface area contributed by atoms with Gasteiger partial charge in [-0.25, -0.2) is 13.1 Å². The van der Waals surface area contributed by atoms with Crippen molar-refractivity contribution in [2.75, 3.05) is 6.61 Å². The standard InChI is InChI=1S/C18H23NO3S/c1-5-22-18-13(2)11-17(14(3)15(18)4)23(20,21)19-12-16-9-7-6-8-10-16/h6-11,19H,5,12H2,1-4H3. The van der Waals surface area contributed by atoms with Crippen LogP contribution in [0.25, 0.3) is 0 Å². The van der Waals surface area contributed by atoms with Crippen LogP contribution in [0.4, 0.5) is 0 Å². The normalized spacial score (nSPS) is 11.5. The average Bonchev–Trinajstić information content (AvgIpc) is 2.54. The van der Waals surface area contributed by atoms with E-state index in [2.05, 4.69) is 4.72 Å². The summed E-state index contributed by atoms with van der Waals surface area (Å²) in [7, 11) is -3.57. The van der Waals surface area contributed by atoms with Crippen molar-refractivity contribution in [3.05, 3.63) is 58.7 Å². The molecule has 4 nitrogen and oxygen atoms in total. The van der Waals surface area contributed by atoms with E-state index in [1.54, 1.807) is 6.07 Å². The van der Waals surface area contributed by atoms with Crippen LogP contribution in [0, 0.1) is 20.8 Å². The SMILES string of the molecule is CCOc1c(C)cc(S(=O)(=O)NCc2ccccc2)c(C)c1C. The van der Waals surface area contributed by atoms with Gasteiger partial charge in [-0.15, -0.1) is 0 Å². The first-order chi connectivity index (χ1) is 10.9. The van der Waals surface area contributed by atoms with Crippen molar-refractivity contribution in [1.29, 1.82) is 0 Å². The van der Waals surface area contributed by atoms with E-state index >= 15 is 0 Å². The predicted octanol–water partition coefficient (Wildman–Crippen LogP) is 3.49. The van der Waals surface area contributed by atoms with Gasteiger partial charge in [0.25, 0.3) is 0 Å². The molecule has 0 radical (unpaired) electrons. The molecule has 0 saturated heterocycles. The zero-order valence-corrected chi connectivity index (χ0v) is 14.8. The summed E-state index contributed by atoms with van der Waals surface area (Å²) in [5.41, 5.74) is 3.34. The molecule has 2 aromatic carbocycles. The number of hydrogen-bond donors (Lipinski definition) is 1. The largest absolute Gasteiger partial charge is 0.493 e. The second kappa shape index (κ2) is 7.15. The van der Waals surface area contributed by atoms with Crippen LogP contribution in [0.5, 0.6) is 5.75 Å². The quantitative estimate of drug-likeness (QED) is 0.880. The van der Waals surface area contributed by atoms with E-state index in [9.17, 15) is 8.42 Å². The molecule has 0 heterocycles. The maximum Gasteiger partial charge on any atom is 0.241 e. The fourth-order valence-corrected chi connectivity index (χ4v) is 3.92. The molecule has 0 saturated carbocycles. The van der Waals surface area contributed by atoms with E-state index in [0.29, 0.717) is 11.5 Å². The minimum absolute atomic E-state index is 0.272. The zero-order valence-electron chi connectivity index (χ0n) is 14.0. The number of rotatable bonds is 6. The smallest absolute Gasteiger partial charge is 0.241 e. The van der Waals surface area contributed by atoms with E-state index in [1.165, 1.54) is 0 Å². The Hall–Kier alpha value is -1.85. The van der Waals surface area contributed by atoms with Gasteiger partial charge in [0, 0.05) is 6.54 Å². The van der Waals surface area contributed by atoms with Crippen molar-refractivity contribution < 1.29 is 13.2 Å². The highest BCUT2D eigenvalue weighted by atomic mass is 32.2. The summed E-state index contributed by atoms with van der Waals surface area (Å²) in [6.07, 6.45) is 0. The van der Waals surface area contributed by atoms with Crippen LogP contribution < -0.4 is 9.46 Å². The van der Waals surface area contributed by atoms with Gasteiger partial charge in [-0.05, 0) is 56.0 Å². The maximum atomic E-state index is 12.6. The molecule has 124 valence electrons. The van der Waals surface area contributed by atoms with Gasteiger partial charge in [0.05, 0.1) is 11.5 Å². The lowest BCUT2D eigenvalue weighted by atomic mass is 10.1. The van der Waals surface area contributed by atoms with Crippen LogP contribution in [-0.2, 0) is 16.6 Å². The first-order valence-electron chi connectivity index (χ1n) is 7.64. The fourth-order valence-electron chi connectivity index (χ4n) is 2.52. The lowest BCUT2D eigenvalue weighted by Crippen LogP contribution is -2.24. The first-order valence-corrected chi connectivity index (χ1v) is 9.12. The third kappa shape index (κ3) is 3.92. The van der Waals surface area contributed by atoms with E-state index in [0.717, 1.165) is 28.0 Å².